The second-order valence-corrected chi connectivity index (χ2v) is 10.2. The number of nitrogens with zero attached hydrogens (tertiary/aromatic N) is 3. The fourth-order valence-electron chi connectivity index (χ4n) is 4.11. The van der Waals surface area contributed by atoms with Crippen molar-refractivity contribution in [2.45, 2.75) is 65.0 Å². The number of hydrogen-bond donors (Lipinski definition) is 1. The highest BCUT2D eigenvalue weighted by Crippen LogP contribution is 2.35. The molecule has 1 amide bonds. The largest absolute Gasteiger partial charge is 0.367 e. The Morgan fingerprint density at radius 1 is 1.29 bits per heavy atom. The quantitative estimate of drug-likeness (QED) is 0.520. The van der Waals surface area contributed by atoms with Crippen molar-refractivity contribution in [2.75, 3.05) is 5.32 Å². The van der Waals surface area contributed by atoms with E-state index in [0.29, 0.717) is 26.3 Å². The highest BCUT2D eigenvalue weighted by atomic mass is 32.2. The highest BCUT2D eigenvalue weighted by molar-refractivity contribution is 8.26. The Morgan fingerprint density at radius 3 is 2.74 bits per heavy atom. The molecule has 31 heavy (non-hydrogen) atoms. The molecule has 2 aromatic heterocycles. The lowest BCUT2D eigenvalue weighted by Crippen LogP contribution is -2.36. The van der Waals surface area contributed by atoms with E-state index in [1.807, 2.05) is 26.0 Å². The van der Waals surface area contributed by atoms with E-state index in [2.05, 4.69) is 12.2 Å². The fourth-order valence-corrected chi connectivity index (χ4v) is 5.56. The van der Waals surface area contributed by atoms with Gasteiger partial charge in [0.25, 0.3) is 11.5 Å². The lowest BCUT2D eigenvalue weighted by atomic mass is 9.87. The summed E-state index contributed by atoms with van der Waals surface area (Å²) >= 11 is 6.71. The summed E-state index contributed by atoms with van der Waals surface area (Å²) in [7, 11) is 0. The first-order chi connectivity index (χ1) is 14.9. The molecule has 2 fully saturated rings. The van der Waals surface area contributed by atoms with Crippen LogP contribution in [0.4, 0.5) is 5.82 Å². The number of aromatic nitrogens is 2. The molecule has 1 atom stereocenters. The van der Waals surface area contributed by atoms with Crippen LogP contribution in [0.2, 0.25) is 0 Å². The number of thioether (sulfide) groups is 1. The van der Waals surface area contributed by atoms with Crippen molar-refractivity contribution < 1.29 is 4.79 Å². The number of carbonyl (C=O) groups excluding carboxylic acids is 1. The van der Waals surface area contributed by atoms with Crippen molar-refractivity contribution in [3.8, 4) is 0 Å². The van der Waals surface area contributed by atoms with Gasteiger partial charge in [-0.1, -0.05) is 43.9 Å². The molecule has 3 heterocycles. The first-order valence-electron chi connectivity index (χ1n) is 10.9. The summed E-state index contributed by atoms with van der Waals surface area (Å²) in [4.78, 5) is 33.3. The molecule has 0 spiro atoms. The lowest BCUT2D eigenvalue weighted by molar-refractivity contribution is -0.123. The Balaban J connectivity index is 1.76. The summed E-state index contributed by atoms with van der Waals surface area (Å²) in [5, 5.41) is 3.51. The van der Waals surface area contributed by atoms with Crippen LogP contribution in [-0.4, -0.2) is 36.6 Å². The van der Waals surface area contributed by atoms with Crippen LogP contribution in [0.1, 0.15) is 58.4 Å². The molecule has 0 aromatic carbocycles. The normalized spacial score (nSPS) is 24.2. The molecular formula is C23H28N4O2S2. The number of hydrogen-bond acceptors (Lipinski definition) is 6. The van der Waals surface area contributed by atoms with E-state index in [1.54, 1.807) is 23.2 Å². The molecular weight excluding hydrogens is 428 g/mol. The Kier molecular flexibility index (Phi) is 6.48. The van der Waals surface area contributed by atoms with Gasteiger partial charge in [0.05, 0.1) is 10.5 Å². The summed E-state index contributed by atoms with van der Waals surface area (Å²) in [6.45, 7) is 6.29. The third-order valence-corrected chi connectivity index (χ3v) is 7.59. The summed E-state index contributed by atoms with van der Waals surface area (Å²) in [6.07, 6.45) is 8.61. The molecule has 1 saturated heterocycles. The molecule has 1 aliphatic heterocycles. The summed E-state index contributed by atoms with van der Waals surface area (Å²) in [5.41, 5.74) is 0.807. The molecule has 4 rings (SSSR count). The van der Waals surface area contributed by atoms with Gasteiger partial charge in [0.1, 0.15) is 15.8 Å². The molecule has 2 aliphatic rings. The molecule has 0 radical (unpaired) electrons. The van der Waals surface area contributed by atoms with E-state index < -0.39 is 0 Å². The lowest BCUT2D eigenvalue weighted by Gasteiger charge is -2.27. The van der Waals surface area contributed by atoms with E-state index >= 15 is 0 Å². The number of fused-ring (bicyclic) bond motifs is 1. The van der Waals surface area contributed by atoms with Gasteiger partial charge < -0.3 is 5.32 Å². The first-order valence-corrected chi connectivity index (χ1v) is 12.2. The van der Waals surface area contributed by atoms with Crippen LogP contribution in [0, 0.1) is 5.92 Å². The van der Waals surface area contributed by atoms with Crippen molar-refractivity contribution in [2.24, 2.45) is 5.92 Å². The summed E-state index contributed by atoms with van der Waals surface area (Å²) in [5.74, 6) is 1.14. The third-order valence-electron chi connectivity index (χ3n) is 6.26. The minimum absolute atomic E-state index is 0.0241. The van der Waals surface area contributed by atoms with Crippen molar-refractivity contribution in [1.29, 1.82) is 0 Å². The maximum absolute atomic E-state index is 13.4. The zero-order chi connectivity index (χ0) is 22.1. The molecule has 1 saturated carbocycles. The van der Waals surface area contributed by atoms with Gasteiger partial charge in [-0.05, 0) is 63.2 Å². The molecule has 164 valence electrons. The van der Waals surface area contributed by atoms with E-state index in [1.165, 1.54) is 16.2 Å². The molecule has 1 unspecified atom stereocenters. The standard InChI is InChI=1S/C23H28N4O2S2/c1-4-15(3)27-22(29)18(31-23(27)30)13-17-20(24-16-10-8-14(2)9-11-16)25-19-7-5-6-12-26(19)21(17)28/h5-7,12-16,24H,4,8-11H2,1-3H3. The molecule has 2 aromatic rings. The van der Waals surface area contributed by atoms with Gasteiger partial charge in [0.15, 0.2) is 0 Å². The highest BCUT2D eigenvalue weighted by Gasteiger charge is 2.35. The summed E-state index contributed by atoms with van der Waals surface area (Å²) in [6, 6.07) is 5.79. The summed E-state index contributed by atoms with van der Waals surface area (Å²) < 4.78 is 2.06. The van der Waals surface area contributed by atoms with Crippen LogP contribution in [-0.2, 0) is 4.79 Å². The molecule has 1 aliphatic carbocycles. The minimum atomic E-state index is -0.189. The van der Waals surface area contributed by atoms with Crippen LogP contribution in [0.5, 0.6) is 0 Å². The van der Waals surface area contributed by atoms with Gasteiger partial charge in [-0.25, -0.2) is 4.98 Å². The number of anilines is 1. The van der Waals surface area contributed by atoms with Gasteiger partial charge >= 0.3 is 0 Å². The van der Waals surface area contributed by atoms with Gasteiger partial charge in [-0.3, -0.25) is 18.9 Å². The van der Waals surface area contributed by atoms with Crippen LogP contribution < -0.4 is 10.9 Å². The van der Waals surface area contributed by atoms with E-state index in [-0.39, 0.29) is 23.6 Å². The van der Waals surface area contributed by atoms with Crippen LogP contribution in [0.15, 0.2) is 34.1 Å². The Morgan fingerprint density at radius 2 is 2.03 bits per heavy atom. The van der Waals surface area contributed by atoms with E-state index in [4.69, 9.17) is 17.2 Å². The van der Waals surface area contributed by atoms with Crippen molar-refractivity contribution in [1.82, 2.24) is 14.3 Å². The average molecular weight is 457 g/mol. The number of rotatable bonds is 5. The van der Waals surface area contributed by atoms with Crippen LogP contribution >= 0.6 is 24.0 Å². The van der Waals surface area contributed by atoms with Crippen molar-refractivity contribution in [3.63, 3.8) is 0 Å². The first kappa shape index (κ1) is 22.0. The predicted octanol–water partition coefficient (Wildman–Crippen LogP) is 4.68. The number of carbonyl (C=O) groups is 1. The zero-order valence-electron chi connectivity index (χ0n) is 18.1. The monoisotopic (exact) mass is 456 g/mol. The topological polar surface area (TPSA) is 66.7 Å². The fraction of sp³-hybridized carbons (Fsp3) is 0.478. The maximum atomic E-state index is 13.4. The predicted molar refractivity (Wildman–Crippen MR) is 131 cm³/mol. The van der Waals surface area contributed by atoms with Gasteiger partial charge in [-0.15, -0.1) is 0 Å². The molecule has 1 N–H and O–H groups in total. The van der Waals surface area contributed by atoms with Gasteiger partial charge in [0.2, 0.25) is 0 Å². The van der Waals surface area contributed by atoms with Gasteiger partial charge in [-0.2, -0.15) is 0 Å². The molecule has 8 heteroatoms. The maximum Gasteiger partial charge on any atom is 0.267 e. The number of amides is 1. The third kappa shape index (κ3) is 4.41. The molecule has 6 nitrogen and oxygen atoms in total. The number of pyridine rings is 1. The second kappa shape index (κ2) is 9.12. The number of nitrogens with one attached hydrogen (secondary N) is 1. The van der Waals surface area contributed by atoms with Crippen molar-refractivity contribution >= 4 is 51.7 Å². The van der Waals surface area contributed by atoms with Gasteiger partial charge in [0, 0.05) is 18.3 Å². The van der Waals surface area contributed by atoms with E-state index in [9.17, 15) is 9.59 Å². The van der Waals surface area contributed by atoms with Crippen LogP contribution in [0.3, 0.4) is 0 Å². The average Bonchev–Trinajstić information content (AvgIpc) is 3.05. The Labute approximate surface area is 192 Å². The SMILES string of the molecule is CCC(C)N1C(=O)C(=Cc2c(NC3CCC(C)CC3)nc3ccccn3c2=O)SC1=S. The smallest absolute Gasteiger partial charge is 0.267 e. The Hall–Kier alpha value is -2.19. The zero-order valence-corrected chi connectivity index (χ0v) is 19.8. The van der Waals surface area contributed by atoms with Crippen LogP contribution in [0.25, 0.3) is 11.7 Å². The Bertz CT molecular complexity index is 1100. The number of thiocarbonyl (C=S) groups is 1. The van der Waals surface area contributed by atoms with E-state index in [0.717, 1.165) is 38.0 Å². The van der Waals surface area contributed by atoms with Crippen molar-refractivity contribution in [3.05, 3.63) is 45.2 Å². The molecule has 0 bridgehead atoms. The second-order valence-electron chi connectivity index (χ2n) is 8.52. The minimum Gasteiger partial charge on any atom is -0.367 e.